The van der Waals surface area contributed by atoms with E-state index in [4.69, 9.17) is 34.8 Å². The number of carbonyl (C=O) groups is 2. The van der Waals surface area contributed by atoms with Gasteiger partial charge in [0.25, 0.3) is 10.0 Å². The molecule has 230 valence electrons. The first-order valence-electron chi connectivity index (χ1n) is 13.9. The Labute approximate surface area is 273 Å². The topological polar surface area (TPSA) is 86.8 Å². The molecule has 11 heteroatoms. The molecule has 2 amide bonds. The Balaban J connectivity index is 1.81. The number of halogens is 3. The van der Waals surface area contributed by atoms with Gasteiger partial charge in [-0.3, -0.25) is 13.9 Å². The summed E-state index contributed by atoms with van der Waals surface area (Å²) in [5.41, 5.74) is 2.59. The second kappa shape index (κ2) is 14.9. The normalized spacial score (nSPS) is 11.9. The first-order chi connectivity index (χ1) is 21.0. The van der Waals surface area contributed by atoms with Gasteiger partial charge in [-0.15, -0.1) is 0 Å². The molecular formula is C33H32Cl3N3O4S. The molecule has 1 atom stereocenters. The van der Waals surface area contributed by atoms with E-state index in [1.807, 2.05) is 37.3 Å². The number of benzene rings is 4. The zero-order chi connectivity index (χ0) is 31.9. The molecule has 4 rings (SSSR count). The van der Waals surface area contributed by atoms with Crippen molar-refractivity contribution in [1.82, 2.24) is 10.2 Å². The van der Waals surface area contributed by atoms with Crippen LogP contribution in [-0.4, -0.2) is 44.3 Å². The molecule has 0 aliphatic heterocycles. The predicted molar refractivity (Wildman–Crippen MR) is 177 cm³/mol. The van der Waals surface area contributed by atoms with Crippen LogP contribution in [0, 0.1) is 6.92 Å². The minimum atomic E-state index is -4.23. The van der Waals surface area contributed by atoms with Crippen LogP contribution in [0.3, 0.4) is 0 Å². The van der Waals surface area contributed by atoms with Gasteiger partial charge < -0.3 is 10.2 Å². The number of hydrogen-bond donors (Lipinski definition) is 1. The number of carbonyl (C=O) groups excluding carboxylic acids is 2. The van der Waals surface area contributed by atoms with Crippen molar-refractivity contribution >= 4 is 62.3 Å². The van der Waals surface area contributed by atoms with Gasteiger partial charge in [0, 0.05) is 34.6 Å². The molecule has 0 heterocycles. The summed E-state index contributed by atoms with van der Waals surface area (Å²) < 4.78 is 29.1. The van der Waals surface area contributed by atoms with Crippen LogP contribution in [0.15, 0.2) is 102 Å². The second-order valence-corrected chi connectivity index (χ2v) is 13.3. The van der Waals surface area contributed by atoms with Crippen LogP contribution in [-0.2, 0) is 32.6 Å². The molecule has 0 bridgehead atoms. The van der Waals surface area contributed by atoms with Crippen molar-refractivity contribution in [3.05, 3.63) is 129 Å². The first kappa shape index (κ1) is 33.3. The van der Waals surface area contributed by atoms with Gasteiger partial charge in [-0.05, 0) is 73.5 Å². The fraction of sp³-hybridized carbons (Fsp3) is 0.212. The van der Waals surface area contributed by atoms with Crippen LogP contribution in [0.2, 0.25) is 15.1 Å². The molecule has 0 radical (unpaired) electrons. The number of anilines is 1. The summed E-state index contributed by atoms with van der Waals surface area (Å²) in [4.78, 5) is 29.3. The maximum Gasteiger partial charge on any atom is 0.264 e. The van der Waals surface area contributed by atoms with Gasteiger partial charge in [0.15, 0.2) is 0 Å². The van der Waals surface area contributed by atoms with Gasteiger partial charge >= 0.3 is 0 Å². The lowest BCUT2D eigenvalue weighted by Gasteiger charge is -2.34. The third-order valence-corrected chi connectivity index (χ3v) is 9.61. The van der Waals surface area contributed by atoms with E-state index < -0.39 is 28.5 Å². The van der Waals surface area contributed by atoms with Gasteiger partial charge in [-0.2, -0.15) is 0 Å². The summed E-state index contributed by atoms with van der Waals surface area (Å²) in [5, 5.41) is 3.94. The SMILES string of the molecule is CCNC(=O)[C@@H](Cc1ccccc1)N(Cc1ccc(Cl)cc1Cl)C(=O)CN(c1ccc(C)cc1)S(=O)(=O)c1ccc(Cl)cc1. The quantitative estimate of drug-likeness (QED) is 0.177. The number of nitrogens with one attached hydrogen (secondary N) is 1. The van der Waals surface area contributed by atoms with Crippen molar-refractivity contribution in [3.8, 4) is 0 Å². The zero-order valence-corrected chi connectivity index (χ0v) is 27.3. The van der Waals surface area contributed by atoms with Crippen LogP contribution in [0.25, 0.3) is 0 Å². The van der Waals surface area contributed by atoms with Gasteiger partial charge in [0.05, 0.1) is 10.6 Å². The fourth-order valence-electron chi connectivity index (χ4n) is 4.65. The molecular weight excluding hydrogens is 641 g/mol. The molecule has 0 saturated carbocycles. The lowest BCUT2D eigenvalue weighted by atomic mass is 10.0. The molecule has 1 N–H and O–H groups in total. The Hall–Kier alpha value is -3.56. The lowest BCUT2D eigenvalue weighted by Crippen LogP contribution is -2.53. The summed E-state index contributed by atoms with van der Waals surface area (Å²) >= 11 is 18.7. The number of nitrogens with zero attached hydrogens (tertiary/aromatic N) is 2. The fourth-order valence-corrected chi connectivity index (χ4v) is 6.66. The molecule has 4 aromatic carbocycles. The van der Waals surface area contributed by atoms with Crippen LogP contribution in [0.5, 0.6) is 0 Å². The summed E-state index contributed by atoms with van der Waals surface area (Å²) in [7, 11) is -4.23. The average Bonchev–Trinajstić information content (AvgIpc) is 3.00. The standard InChI is InChI=1S/C33H32Cl3N3O4S/c1-3-37-33(41)31(19-24-7-5-4-6-8-24)38(21-25-11-12-27(35)20-30(25)36)32(40)22-39(28-15-9-23(2)10-16-28)44(42,43)29-17-13-26(34)14-18-29/h4-18,20,31H,3,19,21-22H2,1-2H3,(H,37,41)/t31-/m1/s1. The number of sulfonamides is 1. The highest BCUT2D eigenvalue weighted by molar-refractivity contribution is 7.92. The Morgan fingerprint density at radius 2 is 1.48 bits per heavy atom. The molecule has 0 fully saturated rings. The van der Waals surface area contributed by atoms with Gasteiger partial charge in [-0.1, -0.05) is 88.9 Å². The Morgan fingerprint density at radius 1 is 0.841 bits per heavy atom. The lowest BCUT2D eigenvalue weighted by molar-refractivity contribution is -0.140. The highest BCUT2D eigenvalue weighted by atomic mass is 35.5. The number of amides is 2. The minimum Gasteiger partial charge on any atom is -0.355 e. The van der Waals surface area contributed by atoms with Crippen molar-refractivity contribution < 1.29 is 18.0 Å². The summed E-state index contributed by atoms with van der Waals surface area (Å²) in [6, 6.07) is 25.8. The highest BCUT2D eigenvalue weighted by Gasteiger charge is 2.34. The Bertz CT molecular complexity index is 1700. The maximum absolute atomic E-state index is 14.4. The number of aryl methyl sites for hydroxylation is 1. The Morgan fingerprint density at radius 3 is 2.09 bits per heavy atom. The Kier molecular flexibility index (Phi) is 11.3. The molecule has 44 heavy (non-hydrogen) atoms. The van der Waals surface area contributed by atoms with Crippen molar-refractivity contribution in [2.45, 2.75) is 37.8 Å². The predicted octanol–water partition coefficient (Wildman–Crippen LogP) is 6.93. The molecule has 7 nitrogen and oxygen atoms in total. The molecule has 0 saturated heterocycles. The van der Waals surface area contributed by atoms with Crippen molar-refractivity contribution in [2.75, 3.05) is 17.4 Å². The van der Waals surface area contributed by atoms with Crippen molar-refractivity contribution in [3.63, 3.8) is 0 Å². The second-order valence-electron chi connectivity index (χ2n) is 10.2. The molecule has 0 unspecified atom stereocenters. The number of hydrogen-bond acceptors (Lipinski definition) is 4. The van der Waals surface area contributed by atoms with E-state index in [-0.39, 0.29) is 23.8 Å². The van der Waals surface area contributed by atoms with E-state index in [1.54, 1.807) is 49.4 Å². The van der Waals surface area contributed by atoms with E-state index in [2.05, 4.69) is 5.32 Å². The molecule has 0 aromatic heterocycles. The average molecular weight is 673 g/mol. The number of rotatable bonds is 12. The van der Waals surface area contributed by atoms with Crippen LogP contribution in [0.1, 0.15) is 23.6 Å². The van der Waals surface area contributed by atoms with Crippen molar-refractivity contribution in [1.29, 1.82) is 0 Å². The van der Waals surface area contributed by atoms with E-state index in [0.717, 1.165) is 15.4 Å². The largest absolute Gasteiger partial charge is 0.355 e. The van der Waals surface area contributed by atoms with E-state index in [1.165, 1.54) is 29.2 Å². The van der Waals surface area contributed by atoms with E-state index >= 15 is 0 Å². The molecule has 0 spiro atoms. The van der Waals surface area contributed by atoms with Crippen LogP contribution < -0.4 is 9.62 Å². The summed E-state index contributed by atoms with van der Waals surface area (Å²) in [6.07, 6.45) is 0.193. The maximum atomic E-state index is 14.4. The summed E-state index contributed by atoms with van der Waals surface area (Å²) in [5.74, 6) is -0.974. The molecule has 4 aromatic rings. The molecule has 0 aliphatic carbocycles. The smallest absolute Gasteiger partial charge is 0.264 e. The van der Waals surface area contributed by atoms with E-state index in [0.29, 0.717) is 32.9 Å². The van der Waals surface area contributed by atoms with Crippen molar-refractivity contribution in [2.24, 2.45) is 0 Å². The third kappa shape index (κ3) is 8.33. The van der Waals surface area contributed by atoms with Gasteiger partial charge in [0.1, 0.15) is 12.6 Å². The zero-order valence-electron chi connectivity index (χ0n) is 24.2. The van der Waals surface area contributed by atoms with Gasteiger partial charge in [-0.25, -0.2) is 8.42 Å². The van der Waals surface area contributed by atoms with Gasteiger partial charge in [0.2, 0.25) is 11.8 Å². The first-order valence-corrected chi connectivity index (χ1v) is 16.5. The van der Waals surface area contributed by atoms with Crippen LogP contribution >= 0.6 is 34.8 Å². The third-order valence-electron chi connectivity index (χ3n) is 6.98. The summed E-state index contributed by atoms with van der Waals surface area (Å²) in [6.45, 7) is 3.37. The monoisotopic (exact) mass is 671 g/mol. The minimum absolute atomic E-state index is 0.0351. The molecule has 0 aliphatic rings. The number of likely N-dealkylation sites (N-methyl/N-ethyl adjacent to an activating group) is 1. The highest BCUT2D eigenvalue weighted by Crippen LogP contribution is 2.28. The van der Waals surface area contributed by atoms with E-state index in [9.17, 15) is 18.0 Å². The van der Waals surface area contributed by atoms with Crippen LogP contribution in [0.4, 0.5) is 5.69 Å².